The third-order valence-corrected chi connectivity index (χ3v) is 5.87. The molecule has 24 heavy (non-hydrogen) atoms. The van der Waals surface area contributed by atoms with Gasteiger partial charge in [0.2, 0.25) is 10.0 Å². The molecule has 0 saturated carbocycles. The van der Waals surface area contributed by atoms with E-state index in [1.165, 1.54) is 6.20 Å². The Kier molecular flexibility index (Phi) is 3.64. The van der Waals surface area contributed by atoms with Crippen LogP contribution in [-0.2, 0) is 19.3 Å². The Balaban J connectivity index is 2.28. The molecular weight excluding hydrogens is 334 g/mol. The quantitative estimate of drug-likeness (QED) is 0.766. The fraction of sp³-hybridized carbons (Fsp3) is 0.533. The highest BCUT2D eigenvalue weighted by atomic mass is 32.2. The molecule has 1 saturated heterocycles. The largest absolute Gasteiger partial charge is 0.497 e. The van der Waals surface area contributed by atoms with E-state index < -0.39 is 34.2 Å². The standard InChI is InChI=1S/C15H20BFN2O4S/c1-9-11(17)7-18-13-12(9)10(8-19(13)24(6,20)21)16-22-14(2,3)15(4,5)23-16/h7-8H,1-6H3. The molecule has 3 rings (SSSR count). The maximum absolute atomic E-state index is 14.0. The minimum absolute atomic E-state index is 0.168. The topological polar surface area (TPSA) is 70.4 Å². The van der Waals surface area contributed by atoms with Crippen LogP contribution >= 0.6 is 0 Å². The Morgan fingerprint density at radius 2 is 1.75 bits per heavy atom. The average Bonchev–Trinajstić information content (AvgIpc) is 2.90. The SMILES string of the molecule is Cc1c(F)cnc2c1c(B1OC(C)(C)C(C)(C)O1)cn2S(C)(=O)=O. The molecule has 130 valence electrons. The maximum atomic E-state index is 14.0. The van der Waals surface area contributed by atoms with Crippen molar-refractivity contribution in [3.63, 3.8) is 0 Å². The van der Waals surface area contributed by atoms with Gasteiger partial charge >= 0.3 is 7.12 Å². The van der Waals surface area contributed by atoms with Gasteiger partial charge < -0.3 is 9.31 Å². The Hall–Kier alpha value is -1.45. The molecule has 9 heteroatoms. The van der Waals surface area contributed by atoms with E-state index in [1.54, 1.807) is 6.92 Å². The predicted molar refractivity (Wildman–Crippen MR) is 90.4 cm³/mol. The molecule has 1 aliphatic heterocycles. The van der Waals surface area contributed by atoms with Crippen LogP contribution in [0.5, 0.6) is 0 Å². The number of pyridine rings is 1. The molecule has 0 aliphatic carbocycles. The average molecular weight is 354 g/mol. The Morgan fingerprint density at radius 3 is 2.25 bits per heavy atom. The lowest BCUT2D eigenvalue weighted by Gasteiger charge is -2.32. The van der Waals surface area contributed by atoms with Crippen molar-refractivity contribution in [2.45, 2.75) is 45.8 Å². The summed E-state index contributed by atoms with van der Waals surface area (Å²) < 4.78 is 51.2. The minimum Gasteiger partial charge on any atom is -0.399 e. The maximum Gasteiger partial charge on any atom is 0.497 e. The van der Waals surface area contributed by atoms with Gasteiger partial charge in [0.05, 0.1) is 23.7 Å². The van der Waals surface area contributed by atoms with E-state index in [0.29, 0.717) is 16.4 Å². The normalized spacial score (nSPS) is 20.0. The zero-order valence-corrected chi connectivity index (χ0v) is 15.4. The summed E-state index contributed by atoms with van der Waals surface area (Å²) in [4.78, 5) is 3.97. The lowest BCUT2D eigenvalue weighted by Crippen LogP contribution is -2.41. The van der Waals surface area contributed by atoms with Crippen LogP contribution in [0.15, 0.2) is 12.4 Å². The number of nitrogens with zero attached hydrogens (tertiary/aromatic N) is 2. The first-order valence-electron chi connectivity index (χ1n) is 7.57. The molecule has 6 nitrogen and oxygen atoms in total. The van der Waals surface area contributed by atoms with Crippen LogP contribution < -0.4 is 5.46 Å². The molecule has 0 N–H and O–H groups in total. The molecule has 0 atom stereocenters. The number of hydrogen-bond acceptors (Lipinski definition) is 5. The zero-order chi connectivity index (χ0) is 18.1. The summed E-state index contributed by atoms with van der Waals surface area (Å²) in [6.45, 7) is 9.17. The molecule has 0 radical (unpaired) electrons. The van der Waals surface area contributed by atoms with Crippen LogP contribution in [-0.4, -0.2) is 42.0 Å². The molecule has 0 bridgehead atoms. The second-order valence-electron chi connectivity index (χ2n) is 7.16. The van der Waals surface area contributed by atoms with E-state index in [2.05, 4.69) is 4.98 Å². The first kappa shape index (κ1) is 17.4. The molecule has 0 aromatic carbocycles. The van der Waals surface area contributed by atoms with E-state index in [0.717, 1.165) is 16.4 Å². The van der Waals surface area contributed by atoms with Crippen LogP contribution in [0.2, 0.25) is 0 Å². The van der Waals surface area contributed by atoms with Crippen LogP contribution in [0.3, 0.4) is 0 Å². The number of halogens is 1. The minimum atomic E-state index is -3.60. The summed E-state index contributed by atoms with van der Waals surface area (Å²) in [5.41, 5.74) is -0.246. The van der Waals surface area contributed by atoms with Crippen molar-refractivity contribution in [3.05, 3.63) is 23.8 Å². The molecular formula is C15H20BFN2O4S. The van der Waals surface area contributed by atoms with Crippen molar-refractivity contribution in [1.82, 2.24) is 8.96 Å². The lowest BCUT2D eigenvalue weighted by atomic mass is 9.78. The van der Waals surface area contributed by atoms with Crippen molar-refractivity contribution in [1.29, 1.82) is 0 Å². The predicted octanol–water partition coefficient (Wildman–Crippen LogP) is 1.59. The van der Waals surface area contributed by atoms with Crippen molar-refractivity contribution < 1.29 is 22.1 Å². The lowest BCUT2D eigenvalue weighted by molar-refractivity contribution is 0.00578. The van der Waals surface area contributed by atoms with Gasteiger partial charge in [0.15, 0.2) is 5.65 Å². The Bertz CT molecular complexity index is 921. The van der Waals surface area contributed by atoms with Gasteiger partial charge in [-0.2, -0.15) is 0 Å². The molecule has 2 aromatic heterocycles. The number of fused-ring (bicyclic) bond motifs is 1. The van der Waals surface area contributed by atoms with Gasteiger partial charge in [-0.25, -0.2) is 21.8 Å². The number of aromatic nitrogens is 2. The van der Waals surface area contributed by atoms with Crippen LogP contribution in [0.4, 0.5) is 4.39 Å². The van der Waals surface area contributed by atoms with Crippen molar-refractivity contribution in [2.24, 2.45) is 0 Å². The zero-order valence-electron chi connectivity index (χ0n) is 14.5. The van der Waals surface area contributed by atoms with Gasteiger partial charge in [-0.15, -0.1) is 0 Å². The van der Waals surface area contributed by atoms with E-state index in [4.69, 9.17) is 9.31 Å². The summed E-state index contributed by atoms with van der Waals surface area (Å²) in [7, 11) is -4.41. The number of rotatable bonds is 2. The van der Waals surface area contributed by atoms with Crippen molar-refractivity contribution in [3.8, 4) is 0 Å². The van der Waals surface area contributed by atoms with Crippen LogP contribution in [0.25, 0.3) is 11.0 Å². The summed E-state index contributed by atoms with van der Waals surface area (Å²) in [6.07, 6.45) is 3.50. The van der Waals surface area contributed by atoms with Gasteiger partial charge in [0, 0.05) is 17.0 Å². The van der Waals surface area contributed by atoms with E-state index in [9.17, 15) is 12.8 Å². The third kappa shape index (κ3) is 2.46. The van der Waals surface area contributed by atoms with Crippen molar-refractivity contribution in [2.75, 3.05) is 6.26 Å². The van der Waals surface area contributed by atoms with Gasteiger partial charge in [0.25, 0.3) is 0 Å². The Morgan fingerprint density at radius 1 is 1.21 bits per heavy atom. The van der Waals surface area contributed by atoms with Gasteiger partial charge in [-0.05, 0) is 40.2 Å². The highest BCUT2D eigenvalue weighted by Gasteiger charge is 2.52. The fourth-order valence-corrected chi connectivity index (χ4v) is 3.49. The highest BCUT2D eigenvalue weighted by molar-refractivity contribution is 7.89. The second kappa shape index (κ2) is 5.03. The molecule has 0 amide bonds. The molecule has 0 unspecified atom stereocenters. The number of aryl methyl sites for hydroxylation is 1. The van der Waals surface area contributed by atoms with Crippen LogP contribution in [0, 0.1) is 12.7 Å². The van der Waals surface area contributed by atoms with E-state index >= 15 is 0 Å². The molecule has 3 heterocycles. The molecule has 2 aromatic rings. The molecule has 0 spiro atoms. The summed E-state index contributed by atoms with van der Waals surface area (Å²) >= 11 is 0. The van der Waals surface area contributed by atoms with Crippen LogP contribution in [0.1, 0.15) is 33.3 Å². The first-order valence-corrected chi connectivity index (χ1v) is 9.42. The second-order valence-corrected chi connectivity index (χ2v) is 9.02. The smallest absolute Gasteiger partial charge is 0.399 e. The summed E-state index contributed by atoms with van der Waals surface area (Å²) in [5, 5.41) is 0.402. The third-order valence-electron chi connectivity index (χ3n) is 4.88. The highest BCUT2D eigenvalue weighted by Crippen LogP contribution is 2.37. The molecule has 1 fully saturated rings. The summed E-state index contributed by atoms with van der Waals surface area (Å²) in [6, 6.07) is 0. The Labute approximate surface area is 141 Å². The van der Waals surface area contributed by atoms with E-state index in [1.807, 2.05) is 27.7 Å². The van der Waals surface area contributed by atoms with Gasteiger partial charge in [0.1, 0.15) is 5.82 Å². The van der Waals surface area contributed by atoms with Crippen molar-refractivity contribution >= 4 is 33.6 Å². The molecule has 1 aliphatic rings. The summed E-state index contributed by atoms with van der Waals surface area (Å²) in [5.74, 6) is -0.508. The van der Waals surface area contributed by atoms with Gasteiger partial charge in [-0.3, -0.25) is 0 Å². The monoisotopic (exact) mass is 354 g/mol. The fourth-order valence-electron chi connectivity index (χ4n) is 2.73. The van der Waals surface area contributed by atoms with E-state index in [-0.39, 0.29) is 5.65 Å². The first-order chi connectivity index (χ1) is 10.8. The van der Waals surface area contributed by atoms with Gasteiger partial charge in [-0.1, -0.05) is 0 Å². The number of hydrogen-bond donors (Lipinski definition) is 0.